The number of ether oxygens (including phenoxy) is 1. The number of fused-ring (bicyclic) bond motifs is 1. The Morgan fingerprint density at radius 1 is 1.25 bits per heavy atom. The third-order valence-corrected chi connectivity index (χ3v) is 5.75. The second-order valence-corrected chi connectivity index (χ2v) is 7.54. The number of nitrogens with zero attached hydrogens (tertiary/aromatic N) is 2. The number of carbonyl (C=O) groups excluding carboxylic acids is 1. The number of methoxy groups -OCH3 is 1. The Morgan fingerprint density at radius 3 is 2.71 bits per heavy atom. The Kier molecular flexibility index (Phi) is 4.78. The van der Waals surface area contributed by atoms with Crippen molar-refractivity contribution in [3.8, 4) is 22.9 Å². The molecular formula is C21H21N3O3S. The quantitative estimate of drug-likeness (QED) is 0.655. The van der Waals surface area contributed by atoms with Crippen molar-refractivity contribution >= 4 is 23.0 Å². The van der Waals surface area contributed by atoms with E-state index in [-0.39, 0.29) is 11.8 Å². The van der Waals surface area contributed by atoms with Crippen molar-refractivity contribution in [1.29, 1.82) is 0 Å². The van der Waals surface area contributed by atoms with Gasteiger partial charge in [-0.1, -0.05) is 31.5 Å². The zero-order valence-corrected chi connectivity index (χ0v) is 16.5. The third kappa shape index (κ3) is 2.75. The molecule has 1 aliphatic heterocycles. The molecule has 1 atom stereocenters. The highest BCUT2D eigenvalue weighted by molar-refractivity contribution is 7.12. The van der Waals surface area contributed by atoms with Crippen LogP contribution in [0.1, 0.15) is 46.7 Å². The minimum Gasteiger partial charge on any atom is -0.496 e. The molecule has 3 N–H and O–H groups in total. The van der Waals surface area contributed by atoms with Crippen LogP contribution in [0.5, 0.6) is 11.6 Å². The summed E-state index contributed by atoms with van der Waals surface area (Å²) in [7, 11) is 1.58. The SMILES string of the molecule is CCCC(N)n1c(O)c2c(c1-c1ccccc1OC)C(=O)N=C2c1cccs1. The van der Waals surface area contributed by atoms with Crippen LogP contribution in [0.3, 0.4) is 0 Å². The molecule has 0 saturated heterocycles. The number of carbonyl (C=O) groups is 1. The van der Waals surface area contributed by atoms with Crippen molar-refractivity contribution in [2.75, 3.05) is 7.11 Å². The first-order valence-corrected chi connectivity index (χ1v) is 9.99. The van der Waals surface area contributed by atoms with Crippen molar-refractivity contribution in [3.05, 3.63) is 57.8 Å². The van der Waals surface area contributed by atoms with Crippen LogP contribution in [0.25, 0.3) is 11.3 Å². The van der Waals surface area contributed by atoms with Crippen molar-refractivity contribution in [1.82, 2.24) is 4.57 Å². The fourth-order valence-electron chi connectivity index (χ4n) is 3.67. The van der Waals surface area contributed by atoms with Crippen LogP contribution < -0.4 is 10.5 Å². The lowest BCUT2D eigenvalue weighted by atomic mass is 10.0. The minimum atomic E-state index is -0.479. The van der Waals surface area contributed by atoms with Crippen molar-refractivity contribution in [2.24, 2.45) is 10.7 Å². The first-order valence-electron chi connectivity index (χ1n) is 9.11. The molecule has 3 heterocycles. The fraction of sp³-hybridized carbons (Fsp3) is 0.238. The maximum absolute atomic E-state index is 12.9. The molecule has 28 heavy (non-hydrogen) atoms. The molecule has 3 aromatic rings. The molecule has 2 aromatic heterocycles. The number of aromatic nitrogens is 1. The van der Waals surface area contributed by atoms with Gasteiger partial charge in [0.1, 0.15) is 5.75 Å². The van der Waals surface area contributed by atoms with Gasteiger partial charge in [0.05, 0.1) is 40.7 Å². The van der Waals surface area contributed by atoms with Gasteiger partial charge < -0.3 is 15.6 Å². The van der Waals surface area contributed by atoms with Gasteiger partial charge >= 0.3 is 0 Å². The van der Waals surface area contributed by atoms with Crippen LogP contribution in [0.4, 0.5) is 0 Å². The molecule has 0 spiro atoms. The third-order valence-electron chi connectivity index (χ3n) is 4.88. The van der Waals surface area contributed by atoms with E-state index >= 15 is 0 Å². The van der Waals surface area contributed by atoms with Gasteiger partial charge in [0.15, 0.2) is 0 Å². The predicted molar refractivity (Wildman–Crippen MR) is 111 cm³/mol. The van der Waals surface area contributed by atoms with Crippen LogP contribution in [-0.2, 0) is 0 Å². The maximum Gasteiger partial charge on any atom is 0.280 e. The number of hydrogen-bond donors (Lipinski definition) is 2. The summed E-state index contributed by atoms with van der Waals surface area (Å²) >= 11 is 1.47. The summed E-state index contributed by atoms with van der Waals surface area (Å²) in [6, 6.07) is 11.2. The number of para-hydroxylation sites is 1. The molecule has 0 radical (unpaired) electrons. The number of thiophene rings is 1. The Labute approximate surface area is 166 Å². The van der Waals surface area contributed by atoms with Crippen LogP contribution >= 0.6 is 11.3 Å². The van der Waals surface area contributed by atoms with Crippen molar-refractivity contribution in [3.63, 3.8) is 0 Å². The molecule has 0 fully saturated rings. The molecule has 1 amide bonds. The van der Waals surface area contributed by atoms with E-state index in [0.29, 0.717) is 40.3 Å². The zero-order chi connectivity index (χ0) is 19.8. The summed E-state index contributed by atoms with van der Waals surface area (Å²) < 4.78 is 7.16. The molecule has 0 bridgehead atoms. The lowest BCUT2D eigenvalue weighted by Gasteiger charge is -2.20. The Bertz CT molecular complexity index is 1070. The van der Waals surface area contributed by atoms with Crippen LogP contribution in [0.2, 0.25) is 0 Å². The first kappa shape index (κ1) is 18.5. The zero-order valence-electron chi connectivity index (χ0n) is 15.7. The highest BCUT2D eigenvalue weighted by atomic mass is 32.1. The lowest BCUT2D eigenvalue weighted by molar-refractivity contribution is 0.101. The summed E-state index contributed by atoms with van der Waals surface area (Å²) in [5.74, 6) is 0.192. The monoisotopic (exact) mass is 395 g/mol. The minimum absolute atomic E-state index is 0.0325. The second kappa shape index (κ2) is 7.26. The average Bonchev–Trinajstić information content (AvgIpc) is 3.39. The Balaban J connectivity index is 2.03. The van der Waals surface area contributed by atoms with E-state index in [4.69, 9.17) is 10.5 Å². The number of benzene rings is 1. The molecule has 1 unspecified atom stereocenters. The average molecular weight is 395 g/mol. The molecule has 4 rings (SSSR count). The van der Waals surface area contributed by atoms with E-state index in [2.05, 4.69) is 4.99 Å². The lowest BCUT2D eigenvalue weighted by Crippen LogP contribution is -2.20. The van der Waals surface area contributed by atoms with Gasteiger partial charge in [-0.25, -0.2) is 4.99 Å². The van der Waals surface area contributed by atoms with Gasteiger partial charge in [0.25, 0.3) is 5.91 Å². The Morgan fingerprint density at radius 2 is 2.04 bits per heavy atom. The molecule has 1 aromatic carbocycles. The number of aromatic hydroxyl groups is 1. The topological polar surface area (TPSA) is 89.8 Å². The largest absolute Gasteiger partial charge is 0.496 e. The first-order chi connectivity index (χ1) is 13.6. The van der Waals surface area contributed by atoms with E-state index in [0.717, 1.165) is 11.3 Å². The van der Waals surface area contributed by atoms with Gasteiger partial charge in [0.2, 0.25) is 5.88 Å². The fourth-order valence-corrected chi connectivity index (χ4v) is 4.39. The van der Waals surface area contributed by atoms with Gasteiger partial charge in [0, 0.05) is 5.56 Å². The maximum atomic E-state index is 12.9. The molecule has 1 aliphatic rings. The van der Waals surface area contributed by atoms with Crippen LogP contribution in [-0.4, -0.2) is 28.4 Å². The van der Waals surface area contributed by atoms with E-state index < -0.39 is 6.17 Å². The van der Waals surface area contributed by atoms with E-state index in [1.165, 1.54) is 11.3 Å². The number of nitrogens with two attached hydrogens (primary N) is 1. The molecule has 144 valence electrons. The van der Waals surface area contributed by atoms with Crippen LogP contribution in [0, 0.1) is 0 Å². The summed E-state index contributed by atoms with van der Waals surface area (Å²) in [5.41, 5.74) is 8.97. The molecular weight excluding hydrogens is 374 g/mol. The molecule has 0 aliphatic carbocycles. The summed E-state index contributed by atoms with van der Waals surface area (Å²) in [6.45, 7) is 2.03. The highest BCUT2D eigenvalue weighted by Gasteiger charge is 2.38. The predicted octanol–water partition coefficient (Wildman–Crippen LogP) is 4.18. The van der Waals surface area contributed by atoms with E-state index in [1.807, 2.05) is 48.7 Å². The van der Waals surface area contributed by atoms with Gasteiger partial charge in [-0.3, -0.25) is 9.36 Å². The van der Waals surface area contributed by atoms with Gasteiger partial charge in [-0.15, -0.1) is 11.3 Å². The molecule has 7 heteroatoms. The summed E-state index contributed by atoms with van der Waals surface area (Å²) in [6.07, 6.45) is 1.02. The van der Waals surface area contributed by atoms with Gasteiger partial charge in [-0.05, 0) is 30.0 Å². The summed E-state index contributed by atoms with van der Waals surface area (Å²) in [4.78, 5) is 18.0. The van der Waals surface area contributed by atoms with Crippen molar-refractivity contribution in [2.45, 2.75) is 25.9 Å². The normalized spacial score (nSPS) is 14.1. The standard InChI is InChI=1S/C21H21N3O3S/c1-3-7-15(22)24-19(12-8-4-5-9-13(12)27-2)17-16(21(24)26)18(23-20(17)25)14-10-6-11-28-14/h4-6,8-11,15,26H,3,7,22H2,1-2H3. The number of amides is 1. The summed E-state index contributed by atoms with van der Waals surface area (Å²) in [5, 5.41) is 13.1. The number of aliphatic imine (C=N–C) groups is 1. The van der Waals surface area contributed by atoms with E-state index in [1.54, 1.807) is 11.7 Å². The second-order valence-electron chi connectivity index (χ2n) is 6.59. The smallest absolute Gasteiger partial charge is 0.280 e. The number of hydrogen-bond acceptors (Lipinski definition) is 5. The number of rotatable bonds is 6. The van der Waals surface area contributed by atoms with E-state index in [9.17, 15) is 9.90 Å². The molecule has 6 nitrogen and oxygen atoms in total. The van der Waals surface area contributed by atoms with Crippen molar-refractivity contribution < 1.29 is 14.6 Å². The van der Waals surface area contributed by atoms with Crippen LogP contribution in [0.15, 0.2) is 46.8 Å². The van der Waals surface area contributed by atoms with Gasteiger partial charge in [-0.2, -0.15) is 0 Å². The Hall–Kier alpha value is -2.90. The highest BCUT2D eigenvalue weighted by Crippen LogP contribution is 2.45. The molecule has 0 saturated carbocycles.